The Labute approximate surface area is 176 Å². The van der Waals surface area contributed by atoms with Crippen LogP contribution in [0.5, 0.6) is 0 Å². The lowest BCUT2D eigenvalue weighted by Gasteiger charge is -2.44. The van der Waals surface area contributed by atoms with Crippen LogP contribution in [0, 0.1) is 18.3 Å². The maximum Gasteiger partial charge on any atom is 0.251 e. The summed E-state index contributed by atoms with van der Waals surface area (Å²) >= 11 is 3.74. The van der Waals surface area contributed by atoms with Crippen molar-refractivity contribution in [2.24, 2.45) is 5.92 Å². The van der Waals surface area contributed by atoms with E-state index in [9.17, 15) is 9.59 Å². The first kappa shape index (κ1) is 17.2. The van der Waals surface area contributed by atoms with E-state index in [1.807, 2.05) is 60.7 Å². The van der Waals surface area contributed by atoms with Gasteiger partial charge in [-0.1, -0.05) is 82.5 Å². The van der Waals surface area contributed by atoms with Crippen LogP contribution in [0.1, 0.15) is 17.5 Å². The maximum absolute atomic E-state index is 13.4. The van der Waals surface area contributed by atoms with Crippen LogP contribution in [0.2, 0.25) is 0 Å². The molecule has 0 radical (unpaired) electrons. The molecule has 29 heavy (non-hydrogen) atoms. The molecule has 6 aliphatic rings. The van der Waals surface area contributed by atoms with E-state index in [1.54, 1.807) is 0 Å². The molecule has 4 nitrogen and oxygen atoms in total. The molecule has 2 aliphatic carbocycles. The molecule has 2 amide bonds. The zero-order chi connectivity index (χ0) is 20.0. The van der Waals surface area contributed by atoms with Crippen molar-refractivity contribution in [2.45, 2.75) is 21.9 Å². The number of terminal acetylenes is 1. The molecule has 0 aromatic heterocycles. The first-order chi connectivity index (χ1) is 14.0. The third kappa shape index (κ3) is 1.65. The molecule has 142 valence electrons. The average molecular weight is 446 g/mol. The summed E-state index contributed by atoms with van der Waals surface area (Å²) in [5, 5.41) is 0. The number of likely N-dealkylation sites (tertiary alicyclic amines) is 1. The second-order valence-corrected chi connectivity index (χ2v) is 9.31. The molecule has 5 heteroatoms. The van der Waals surface area contributed by atoms with E-state index in [2.05, 4.69) is 21.9 Å². The van der Waals surface area contributed by atoms with Crippen LogP contribution in [0.25, 0.3) is 11.1 Å². The number of hydrogen-bond acceptors (Lipinski definition) is 3. The summed E-state index contributed by atoms with van der Waals surface area (Å²) in [5.41, 5.74) is 2.37. The van der Waals surface area contributed by atoms with Gasteiger partial charge in [-0.25, -0.2) is 0 Å². The molecule has 0 N–H and O–H groups in total. The van der Waals surface area contributed by atoms with E-state index >= 15 is 0 Å². The van der Waals surface area contributed by atoms with Gasteiger partial charge in [-0.3, -0.25) is 14.5 Å². The molecular formula is C24H16BrNO3. The van der Waals surface area contributed by atoms with Gasteiger partial charge in [0.25, 0.3) is 5.91 Å². The zero-order valence-electron chi connectivity index (χ0n) is 15.4. The van der Waals surface area contributed by atoms with Crippen molar-refractivity contribution in [1.29, 1.82) is 0 Å². The summed E-state index contributed by atoms with van der Waals surface area (Å²) in [4.78, 5) is 27.9. The normalized spacial score (nSPS) is 36.3. The highest BCUT2D eigenvalue weighted by Crippen LogP contribution is 2.82. The number of amides is 2. The second-order valence-electron chi connectivity index (χ2n) is 8.06. The van der Waals surface area contributed by atoms with Crippen LogP contribution in [0.4, 0.5) is 0 Å². The number of alkyl halides is 1. The van der Waals surface area contributed by atoms with Crippen molar-refractivity contribution in [3.8, 4) is 12.3 Å². The Morgan fingerprint density at radius 1 is 1.03 bits per heavy atom. The second kappa shape index (κ2) is 5.27. The molecule has 4 heterocycles. The molecule has 1 saturated carbocycles. The van der Waals surface area contributed by atoms with Gasteiger partial charge in [-0.2, -0.15) is 0 Å². The topological polar surface area (TPSA) is 46.6 Å². The Kier molecular flexibility index (Phi) is 3.12. The third-order valence-electron chi connectivity index (χ3n) is 6.84. The fraction of sp³-hybridized carbons (Fsp3) is 0.250. The molecule has 2 aromatic rings. The quantitative estimate of drug-likeness (QED) is 0.413. The Morgan fingerprint density at radius 2 is 1.59 bits per heavy atom. The van der Waals surface area contributed by atoms with Gasteiger partial charge in [-0.05, 0) is 22.3 Å². The van der Waals surface area contributed by atoms with Crippen molar-refractivity contribution in [1.82, 2.24) is 4.90 Å². The summed E-state index contributed by atoms with van der Waals surface area (Å²) in [6.07, 6.45) is 6.05. The average Bonchev–Trinajstić information content (AvgIpc) is 3.39. The van der Waals surface area contributed by atoms with Gasteiger partial charge in [0.05, 0.1) is 12.5 Å². The van der Waals surface area contributed by atoms with Crippen LogP contribution >= 0.6 is 15.9 Å². The standard InChI is InChI=1S/C24H16BrNO3/c1-2-13-26-20(27)19-22-14-23(29-22,24(19,25)21(26)28)18(16-11-7-4-8-12-16)17(22)15-9-5-3-6-10-15/h1,3-12,19H,13-14H2. The summed E-state index contributed by atoms with van der Waals surface area (Å²) in [6, 6.07) is 20.0. The maximum atomic E-state index is 13.4. The highest BCUT2D eigenvalue weighted by Gasteiger charge is 2.93. The monoisotopic (exact) mass is 445 g/mol. The minimum absolute atomic E-state index is 0.0188. The van der Waals surface area contributed by atoms with Gasteiger partial charge in [-0.15, -0.1) is 6.42 Å². The fourth-order valence-electron chi connectivity index (χ4n) is 5.94. The van der Waals surface area contributed by atoms with E-state index in [4.69, 9.17) is 11.2 Å². The number of imide groups is 1. The Morgan fingerprint density at radius 3 is 2.14 bits per heavy atom. The highest BCUT2D eigenvalue weighted by molar-refractivity contribution is 9.10. The van der Waals surface area contributed by atoms with Crippen LogP contribution < -0.4 is 0 Å². The smallest absolute Gasteiger partial charge is 0.251 e. The third-order valence-corrected chi connectivity index (χ3v) is 8.28. The molecule has 4 aliphatic heterocycles. The molecule has 4 atom stereocenters. The zero-order valence-corrected chi connectivity index (χ0v) is 17.0. The minimum Gasteiger partial charge on any atom is -0.356 e. The van der Waals surface area contributed by atoms with E-state index in [0.29, 0.717) is 6.42 Å². The molecule has 2 bridgehead atoms. The lowest BCUT2D eigenvalue weighted by Crippen LogP contribution is -2.57. The number of hydrogen-bond donors (Lipinski definition) is 0. The van der Waals surface area contributed by atoms with Gasteiger partial charge >= 0.3 is 0 Å². The van der Waals surface area contributed by atoms with Gasteiger partial charge in [0.2, 0.25) is 5.91 Å². The molecule has 4 fully saturated rings. The number of carbonyl (C=O) groups is 2. The van der Waals surface area contributed by atoms with E-state index in [0.717, 1.165) is 22.3 Å². The summed E-state index contributed by atoms with van der Waals surface area (Å²) in [5.74, 6) is 1.30. The summed E-state index contributed by atoms with van der Waals surface area (Å²) in [6.45, 7) is -0.0188. The van der Waals surface area contributed by atoms with Gasteiger partial charge in [0.15, 0.2) is 4.32 Å². The van der Waals surface area contributed by atoms with Crippen molar-refractivity contribution in [3.05, 3.63) is 71.8 Å². The van der Waals surface area contributed by atoms with Crippen molar-refractivity contribution in [2.75, 3.05) is 6.54 Å². The van der Waals surface area contributed by atoms with Crippen molar-refractivity contribution < 1.29 is 14.3 Å². The molecule has 4 unspecified atom stereocenters. The van der Waals surface area contributed by atoms with Gasteiger partial charge < -0.3 is 4.74 Å². The van der Waals surface area contributed by atoms with Crippen LogP contribution in [0.15, 0.2) is 60.7 Å². The number of halogens is 1. The Bertz CT molecular complexity index is 1160. The molecule has 2 aromatic carbocycles. The highest BCUT2D eigenvalue weighted by atomic mass is 79.9. The van der Waals surface area contributed by atoms with Crippen LogP contribution in [-0.2, 0) is 14.3 Å². The number of benzene rings is 2. The molecular weight excluding hydrogens is 430 g/mol. The van der Waals surface area contributed by atoms with Gasteiger partial charge in [0.1, 0.15) is 11.2 Å². The number of carbonyl (C=O) groups excluding carboxylic acids is 2. The lowest BCUT2D eigenvalue weighted by atomic mass is 9.73. The van der Waals surface area contributed by atoms with Crippen LogP contribution in [-0.4, -0.2) is 38.8 Å². The summed E-state index contributed by atoms with van der Waals surface area (Å²) < 4.78 is 5.45. The largest absolute Gasteiger partial charge is 0.356 e. The Balaban J connectivity index is 1.64. The first-order valence-electron chi connectivity index (χ1n) is 9.56. The number of rotatable bonds is 3. The van der Waals surface area contributed by atoms with E-state index in [-0.39, 0.29) is 18.4 Å². The predicted molar refractivity (Wildman–Crippen MR) is 112 cm³/mol. The Hall–Kier alpha value is -2.68. The van der Waals surface area contributed by atoms with Gasteiger partial charge in [0, 0.05) is 6.42 Å². The predicted octanol–water partition coefficient (Wildman–Crippen LogP) is 3.27. The fourth-order valence-corrected chi connectivity index (χ4v) is 7.14. The minimum atomic E-state index is -1.11. The molecule has 0 spiro atoms. The van der Waals surface area contributed by atoms with Crippen molar-refractivity contribution >= 4 is 38.9 Å². The van der Waals surface area contributed by atoms with Crippen molar-refractivity contribution in [3.63, 3.8) is 0 Å². The van der Waals surface area contributed by atoms with E-state index in [1.165, 1.54) is 4.90 Å². The SMILES string of the molecule is C#CCN1C(=O)C2C34CC(O3)(C(c3ccccc3)=C4c3ccccc3)C2(Br)C1=O. The number of ether oxygens (including phenoxy) is 1. The molecule has 8 rings (SSSR count). The summed E-state index contributed by atoms with van der Waals surface area (Å²) in [7, 11) is 0. The lowest BCUT2D eigenvalue weighted by molar-refractivity contribution is -0.171. The molecule has 3 saturated heterocycles. The number of nitrogens with zero attached hydrogens (tertiary/aromatic N) is 1. The first-order valence-corrected chi connectivity index (χ1v) is 10.3. The van der Waals surface area contributed by atoms with Crippen LogP contribution in [0.3, 0.4) is 0 Å². The van der Waals surface area contributed by atoms with E-state index < -0.39 is 21.4 Å².